The van der Waals surface area contributed by atoms with Crippen LogP contribution in [-0.4, -0.2) is 26.0 Å². The molecule has 19 heavy (non-hydrogen) atoms. The molecule has 0 amide bonds. The summed E-state index contributed by atoms with van der Waals surface area (Å²) < 4.78 is 0. The number of nitrogens with zero attached hydrogens (tertiary/aromatic N) is 2. The summed E-state index contributed by atoms with van der Waals surface area (Å²) in [4.78, 5) is 6.80. The van der Waals surface area contributed by atoms with E-state index in [0.29, 0.717) is 5.92 Å². The molecule has 0 heterocycles. The Balaban J connectivity index is 1.70. The van der Waals surface area contributed by atoms with Gasteiger partial charge in [-0.2, -0.15) is 0 Å². The number of hydrogen-bond donors (Lipinski definition) is 1. The third-order valence-corrected chi connectivity index (χ3v) is 3.92. The summed E-state index contributed by atoms with van der Waals surface area (Å²) in [5.41, 5.74) is 7.30. The average molecular weight is 259 g/mol. The van der Waals surface area contributed by atoms with E-state index < -0.39 is 0 Å². The van der Waals surface area contributed by atoms with Crippen LogP contribution in [0.15, 0.2) is 35.3 Å². The number of nitrogens with two attached hydrogens (primary N) is 1. The highest BCUT2D eigenvalue weighted by molar-refractivity contribution is 5.83. The lowest BCUT2D eigenvalue weighted by molar-refractivity contribution is 0.709. The molecule has 2 rings (SSSR count). The normalized spacial score (nSPS) is 16.8. The highest BCUT2D eigenvalue weighted by atomic mass is 15.1. The summed E-state index contributed by atoms with van der Waals surface area (Å²) >= 11 is 0. The molecular formula is C16H25N3. The van der Waals surface area contributed by atoms with Crippen LogP contribution in [0, 0.1) is 5.92 Å². The molecule has 3 nitrogen and oxygen atoms in total. The summed E-state index contributed by atoms with van der Waals surface area (Å²) in [6.45, 7) is 1.87. The van der Waals surface area contributed by atoms with E-state index in [-0.39, 0.29) is 0 Å². The molecule has 2 N–H and O–H groups in total. The van der Waals surface area contributed by atoms with E-state index in [9.17, 15) is 0 Å². The lowest BCUT2D eigenvalue weighted by Gasteiger charge is -2.18. The second kappa shape index (κ2) is 7.17. The molecule has 0 bridgehead atoms. The molecule has 1 fully saturated rings. The van der Waals surface area contributed by atoms with E-state index in [2.05, 4.69) is 41.2 Å². The standard InChI is InChI=1S/C16H25N3/c1-19(15-10-3-2-4-11-15)13-7-12-18-16(17)14-8-5-6-9-14/h2-4,10-11,14H,5-9,12-13H2,1H3,(H2,17,18). The Kier molecular flexibility index (Phi) is 5.25. The molecule has 1 aromatic rings. The second-order valence-corrected chi connectivity index (χ2v) is 5.40. The van der Waals surface area contributed by atoms with Gasteiger partial charge in [0.15, 0.2) is 0 Å². The number of aliphatic imine (C=N–C) groups is 1. The summed E-state index contributed by atoms with van der Waals surface area (Å²) in [5.74, 6) is 1.45. The van der Waals surface area contributed by atoms with Crippen LogP contribution in [0.25, 0.3) is 0 Å². The van der Waals surface area contributed by atoms with E-state index in [1.165, 1.54) is 31.4 Å². The zero-order chi connectivity index (χ0) is 13.5. The first kappa shape index (κ1) is 13.9. The van der Waals surface area contributed by atoms with Crippen molar-refractivity contribution in [2.45, 2.75) is 32.1 Å². The molecule has 0 spiro atoms. The fourth-order valence-corrected chi connectivity index (χ4v) is 2.68. The SMILES string of the molecule is CN(CCCN=C(N)C1CCCC1)c1ccccc1. The maximum Gasteiger partial charge on any atom is 0.0968 e. The molecule has 3 heteroatoms. The van der Waals surface area contributed by atoms with Crippen molar-refractivity contribution in [3.8, 4) is 0 Å². The van der Waals surface area contributed by atoms with Crippen molar-refractivity contribution in [2.75, 3.05) is 25.0 Å². The van der Waals surface area contributed by atoms with Gasteiger partial charge in [-0.1, -0.05) is 31.0 Å². The summed E-state index contributed by atoms with van der Waals surface area (Å²) in [5, 5.41) is 0. The van der Waals surface area contributed by atoms with Crippen molar-refractivity contribution in [1.29, 1.82) is 0 Å². The van der Waals surface area contributed by atoms with E-state index in [4.69, 9.17) is 5.73 Å². The molecule has 1 aliphatic carbocycles. The largest absolute Gasteiger partial charge is 0.387 e. The van der Waals surface area contributed by atoms with E-state index in [1.807, 2.05) is 6.07 Å². The van der Waals surface area contributed by atoms with Gasteiger partial charge in [-0.05, 0) is 31.4 Å². The predicted molar refractivity (Wildman–Crippen MR) is 82.8 cm³/mol. The Labute approximate surface area is 116 Å². The van der Waals surface area contributed by atoms with Crippen molar-refractivity contribution in [3.63, 3.8) is 0 Å². The lowest BCUT2D eigenvalue weighted by atomic mass is 10.1. The zero-order valence-corrected chi connectivity index (χ0v) is 11.9. The molecule has 0 aliphatic heterocycles. The molecule has 0 unspecified atom stereocenters. The first-order chi connectivity index (χ1) is 9.27. The zero-order valence-electron chi connectivity index (χ0n) is 11.9. The Morgan fingerprint density at radius 2 is 1.95 bits per heavy atom. The van der Waals surface area contributed by atoms with Gasteiger partial charge in [-0.25, -0.2) is 0 Å². The quantitative estimate of drug-likeness (QED) is 0.484. The number of anilines is 1. The minimum Gasteiger partial charge on any atom is -0.387 e. The van der Waals surface area contributed by atoms with Crippen molar-refractivity contribution >= 4 is 11.5 Å². The van der Waals surface area contributed by atoms with Gasteiger partial charge in [-0.15, -0.1) is 0 Å². The Morgan fingerprint density at radius 3 is 2.63 bits per heavy atom. The predicted octanol–water partition coefficient (Wildman–Crippen LogP) is 3.06. The van der Waals surface area contributed by atoms with Gasteiger partial charge in [0.05, 0.1) is 5.84 Å². The van der Waals surface area contributed by atoms with Crippen LogP contribution in [-0.2, 0) is 0 Å². The average Bonchev–Trinajstić information content (AvgIpc) is 2.98. The van der Waals surface area contributed by atoms with Gasteiger partial charge in [0.2, 0.25) is 0 Å². The first-order valence-corrected chi connectivity index (χ1v) is 7.33. The molecule has 1 saturated carbocycles. The summed E-state index contributed by atoms with van der Waals surface area (Å²) in [6, 6.07) is 10.5. The highest BCUT2D eigenvalue weighted by Crippen LogP contribution is 2.24. The maximum atomic E-state index is 6.04. The molecule has 1 aromatic carbocycles. The topological polar surface area (TPSA) is 41.6 Å². The van der Waals surface area contributed by atoms with Gasteiger partial charge in [0.1, 0.15) is 0 Å². The van der Waals surface area contributed by atoms with Gasteiger partial charge in [0, 0.05) is 31.7 Å². The van der Waals surface area contributed by atoms with Crippen molar-refractivity contribution in [2.24, 2.45) is 16.6 Å². The minimum absolute atomic E-state index is 0.562. The van der Waals surface area contributed by atoms with E-state index in [1.54, 1.807) is 0 Å². The molecule has 0 saturated heterocycles. The number of amidine groups is 1. The number of para-hydroxylation sites is 1. The van der Waals surface area contributed by atoms with Crippen LogP contribution >= 0.6 is 0 Å². The molecule has 1 aliphatic rings. The fourth-order valence-electron chi connectivity index (χ4n) is 2.68. The molecule has 0 atom stereocenters. The minimum atomic E-state index is 0.562. The van der Waals surface area contributed by atoms with Gasteiger partial charge in [-0.3, -0.25) is 4.99 Å². The van der Waals surface area contributed by atoms with Crippen LogP contribution in [0.1, 0.15) is 32.1 Å². The summed E-state index contributed by atoms with van der Waals surface area (Å²) in [7, 11) is 2.12. The molecule has 0 radical (unpaired) electrons. The van der Waals surface area contributed by atoms with Gasteiger partial charge >= 0.3 is 0 Å². The monoisotopic (exact) mass is 259 g/mol. The van der Waals surface area contributed by atoms with Crippen LogP contribution in [0.3, 0.4) is 0 Å². The third kappa shape index (κ3) is 4.27. The van der Waals surface area contributed by atoms with Crippen LogP contribution in [0.2, 0.25) is 0 Å². The van der Waals surface area contributed by atoms with Crippen LogP contribution in [0.4, 0.5) is 5.69 Å². The van der Waals surface area contributed by atoms with Crippen LogP contribution < -0.4 is 10.6 Å². The van der Waals surface area contributed by atoms with Gasteiger partial charge in [0.25, 0.3) is 0 Å². The Bertz CT molecular complexity index is 394. The smallest absolute Gasteiger partial charge is 0.0968 e. The molecule has 104 valence electrons. The molecule has 0 aromatic heterocycles. The van der Waals surface area contributed by atoms with E-state index >= 15 is 0 Å². The number of benzene rings is 1. The van der Waals surface area contributed by atoms with E-state index in [0.717, 1.165) is 25.3 Å². The Hall–Kier alpha value is -1.51. The maximum absolute atomic E-state index is 6.04. The molecular weight excluding hydrogens is 234 g/mol. The third-order valence-electron chi connectivity index (χ3n) is 3.92. The fraction of sp³-hybridized carbons (Fsp3) is 0.562. The highest BCUT2D eigenvalue weighted by Gasteiger charge is 2.17. The van der Waals surface area contributed by atoms with Crippen molar-refractivity contribution < 1.29 is 0 Å². The lowest BCUT2D eigenvalue weighted by Crippen LogP contribution is -2.23. The number of hydrogen-bond acceptors (Lipinski definition) is 2. The van der Waals surface area contributed by atoms with Crippen LogP contribution in [0.5, 0.6) is 0 Å². The van der Waals surface area contributed by atoms with Crippen molar-refractivity contribution in [3.05, 3.63) is 30.3 Å². The van der Waals surface area contributed by atoms with Crippen molar-refractivity contribution in [1.82, 2.24) is 0 Å². The Morgan fingerprint density at radius 1 is 1.26 bits per heavy atom. The first-order valence-electron chi connectivity index (χ1n) is 7.33. The second-order valence-electron chi connectivity index (χ2n) is 5.40. The van der Waals surface area contributed by atoms with Gasteiger partial charge < -0.3 is 10.6 Å². The summed E-state index contributed by atoms with van der Waals surface area (Å²) in [6.07, 6.45) is 6.16. The number of rotatable bonds is 6.